The number of rotatable bonds is 7. The van der Waals surface area contributed by atoms with Gasteiger partial charge in [-0.2, -0.15) is 26.3 Å². The summed E-state index contributed by atoms with van der Waals surface area (Å²) >= 11 is 0. The second-order valence-electron chi connectivity index (χ2n) is 8.21. The number of carbonyl (C=O) groups excluding carboxylic acids is 2. The molecule has 0 heterocycles. The van der Waals surface area contributed by atoms with E-state index in [1.165, 1.54) is 37.4 Å². The molecule has 0 spiro atoms. The number of hydrogen-bond donors (Lipinski definition) is 2. The minimum absolute atomic E-state index is 0.00303. The van der Waals surface area contributed by atoms with Crippen LogP contribution in [0.2, 0.25) is 0 Å². The average molecular weight is 520 g/mol. The Bertz CT molecular complexity index is 1100. The van der Waals surface area contributed by atoms with Gasteiger partial charge < -0.3 is 25.3 Å². The fraction of sp³-hybridized carbons (Fsp3) is 0.391. The van der Waals surface area contributed by atoms with Crippen LogP contribution in [-0.4, -0.2) is 36.8 Å². The van der Waals surface area contributed by atoms with Gasteiger partial charge in [-0.3, -0.25) is 4.79 Å². The summed E-state index contributed by atoms with van der Waals surface area (Å²) in [5, 5.41) is 2.57. The van der Waals surface area contributed by atoms with E-state index < -0.39 is 47.2 Å². The number of ether oxygens (including phenoxy) is 3. The van der Waals surface area contributed by atoms with Gasteiger partial charge in [-0.15, -0.1) is 0 Å². The van der Waals surface area contributed by atoms with Crippen LogP contribution < -0.4 is 20.5 Å². The highest BCUT2D eigenvalue weighted by Crippen LogP contribution is 2.40. The monoisotopic (exact) mass is 520 g/mol. The van der Waals surface area contributed by atoms with Crippen LogP contribution in [0, 0.1) is 0 Å². The first-order chi connectivity index (χ1) is 16.7. The van der Waals surface area contributed by atoms with Crippen LogP contribution in [-0.2, 0) is 27.0 Å². The topological polar surface area (TPSA) is 99.9 Å². The SMILES string of the molecule is COc1ccc(Oc2ccc(CNC(=O)C3(N)CCC(OC(=O)C(F)(F)F)C3)cc2)c(C(F)(F)F)c1. The molecule has 36 heavy (non-hydrogen) atoms. The molecule has 0 saturated heterocycles. The molecule has 3 rings (SSSR count). The van der Waals surface area contributed by atoms with Gasteiger partial charge in [-0.1, -0.05) is 12.1 Å². The molecule has 2 unspecified atom stereocenters. The summed E-state index contributed by atoms with van der Waals surface area (Å²) in [5.74, 6) is -3.26. The lowest BCUT2D eigenvalue weighted by Gasteiger charge is -2.23. The van der Waals surface area contributed by atoms with Crippen molar-refractivity contribution >= 4 is 11.9 Å². The van der Waals surface area contributed by atoms with E-state index in [2.05, 4.69) is 10.1 Å². The highest BCUT2D eigenvalue weighted by atomic mass is 19.4. The van der Waals surface area contributed by atoms with Crippen LogP contribution in [0.3, 0.4) is 0 Å². The molecule has 1 amide bonds. The highest BCUT2D eigenvalue weighted by molar-refractivity contribution is 5.86. The second kappa shape index (κ2) is 10.2. The molecule has 1 fully saturated rings. The van der Waals surface area contributed by atoms with Crippen LogP contribution in [0.4, 0.5) is 26.3 Å². The van der Waals surface area contributed by atoms with Crippen molar-refractivity contribution in [2.24, 2.45) is 5.73 Å². The van der Waals surface area contributed by atoms with Crippen LogP contribution in [0.1, 0.15) is 30.4 Å². The number of alkyl halides is 6. The molecule has 1 aliphatic rings. The standard InChI is InChI=1S/C23H22F6N2O5/c1-34-15-6-7-18(17(10-15)22(24,25)26)35-14-4-2-13(3-5-14)12-31-19(32)21(30)9-8-16(11-21)36-20(33)23(27,28)29/h2-7,10,16H,8-9,11-12,30H2,1H3,(H,31,32). The second-order valence-corrected chi connectivity index (χ2v) is 8.21. The quantitative estimate of drug-likeness (QED) is 0.413. The number of methoxy groups -OCH3 is 1. The summed E-state index contributed by atoms with van der Waals surface area (Å²) in [6.07, 6.45) is -11.2. The van der Waals surface area contributed by atoms with Gasteiger partial charge in [0.15, 0.2) is 0 Å². The maximum Gasteiger partial charge on any atom is 0.490 e. The average Bonchev–Trinajstić information content (AvgIpc) is 3.19. The minimum Gasteiger partial charge on any atom is -0.497 e. The Morgan fingerprint density at radius 1 is 1.06 bits per heavy atom. The molecule has 0 aromatic heterocycles. The third-order valence-electron chi connectivity index (χ3n) is 5.56. The summed E-state index contributed by atoms with van der Waals surface area (Å²) in [4.78, 5) is 23.5. The maximum absolute atomic E-state index is 13.3. The lowest BCUT2D eigenvalue weighted by Crippen LogP contribution is -2.52. The van der Waals surface area contributed by atoms with Crippen molar-refractivity contribution in [3.05, 3.63) is 53.6 Å². The highest BCUT2D eigenvalue weighted by Gasteiger charge is 2.47. The molecule has 1 saturated carbocycles. The van der Waals surface area contributed by atoms with Crippen molar-refractivity contribution in [3.63, 3.8) is 0 Å². The summed E-state index contributed by atoms with van der Waals surface area (Å²) in [6, 6.07) is 9.13. The smallest absolute Gasteiger partial charge is 0.490 e. The van der Waals surface area contributed by atoms with Crippen molar-refractivity contribution in [1.29, 1.82) is 0 Å². The molecule has 2 aromatic rings. The van der Waals surface area contributed by atoms with Gasteiger partial charge in [0.1, 0.15) is 28.9 Å². The van der Waals surface area contributed by atoms with Crippen LogP contribution >= 0.6 is 0 Å². The van der Waals surface area contributed by atoms with E-state index in [1.807, 2.05) is 0 Å². The fourth-order valence-electron chi connectivity index (χ4n) is 3.66. The molecule has 2 aromatic carbocycles. The zero-order valence-corrected chi connectivity index (χ0v) is 18.8. The van der Waals surface area contributed by atoms with E-state index in [0.717, 1.165) is 12.1 Å². The molecule has 7 nitrogen and oxygen atoms in total. The van der Waals surface area contributed by atoms with Gasteiger partial charge in [0, 0.05) is 13.0 Å². The Morgan fingerprint density at radius 3 is 2.28 bits per heavy atom. The molecule has 0 radical (unpaired) electrons. The van der Waals surface area contributed by atoms with E-state index in [9.17, 15) is 35.9 Å². The molecule has 0 bridgehead atoms. The van der Waals surface area contributed by atoms with Gasteiger partial charge >= 0.3 is 18.3 Å². The summed E-state index contributed by atoms with van der Waals surface area (Å²) in [7, 11) is 1.24. The lowest BCUT2D eigenvalue weighted by molar-refractivity contribution is -0.204. The lowest BCUT2D eigenvalue weighted by atomic mass is 9.97. The van der Waals surface area contributed by atoms with Gasteiger partial charge in [-0.25, -0.2) is 4.79 Å². The number of esters is 1. The van der Waals surface area contributed by atoms with Crippen molar-refractivity contribution in [2.75, 3.05) is 7.11 Å². The summed E-state index contributed by atoms with van der Waals surface area (Å²) < 4.78 is 91.7. The van der Waals surface area contributed by atoms with Gasteiger partial charge in [0.05, 0.1) is 12.6 Å². The molecule has 1 aliphatic carbocycles. The van der Waals surface area contributed by atoms with E-state index in [0.29, 0.717) is 5.56 Å². The van der Waals surface area contributed by atoms with Crippen LogP contribution in [0.5, 0.6) is 17.2 Å². The minimum atomic E-state index is -5.14. The van der Waals surface area contributed by atoms with Crippen molar-refractivity contribution in [1.82, 2.24) is 5.32 Å². The number of halogens is 6. The number of amides is 1. The van der Waals surface area contributed by atoms with E-state index >= 15 is 0 Å². The Balaban J connectivity index is 1.58. The summed E-state index contributed by atoms with van der Waals surface area (Å²) in [5.41, 5.74) is 4.05. The Labute approximate surface area is 201 Å². The zero-order chi connectivity index (χ0) is 26.7. The first-order valence-electron chi connectivity index (χ1n) is 10.6. The number of nitrogens with two attached hydrogens (primary N) is 1. The van der Waals surface area contributed by atoms with Crippen LogP contribution in [0.15, 0.2) is 42.5 Å². The zero-order valence-electron chi connectivity index (χ0n) is 18.8. The molecule has 196 valence electrons. The number of hydrogen-bond acceptors (Lipinski definition) is 6. The Hall–Kier alpha value is -3.48. The van der Waals surface area contributed by atoms with Crippen molar-refractivity contribution < 1.29 is 50.1 Å². The number of benzene rings is 2. The number of carbonyl (C=O) groups is 2. The molecule has 0 aliphatic heterocycles. The Kier molecular flexibility index (Phi) is 7.72. The molecular formula is C23H22F6N2O5. The molecule has 2 atom stereocenters. The molecule has 13 heteroatoms. The summed E-state index contributed by atoms with van der Waals surface area (Å²) in [6.45, 7) is -0.0125. The maximum atomic E-state index is 13.3. The van der Waals surface area contributed by atoms with Crippen molar-refractivity contribution in [2.45, 2.75) is 49.8 Å². The molecular weight excluding hydrogens is 498 g/mol. The van der Waals surface area contributed by atoms with Crippen molar-refractivity contribution in [3.8, 4) is 17.2 Å². The van der Waals surface area contributed by atoms with E-state index in [4.69, 9.17) is 15.2 Å². The Morgan fingerprint density at radius 2 is 1.69 bits per heavy atom. The first-order valence-corrected chi connectivity index (χ1v) is 10.6. The largest absolute Gasteiger partial charge is 0.497 e. The normalized spacial score (nSPS) is 20.1. The van der Waals surface area contributed by atoms with Gasteiger partial charge in [0.2, 0.25) is 5.91 Å². The van der Waals surface area contributed by atoms with Crippen LogP contribution in [0.25, 0.3) is 0 Å². The predicted octanol–water partition coefficient (Wildman–Crippen LogP) is 4.48. The van der Waals surface area contributed by atoms with E-state index in [-0.39, 0.29) is 37.3 Å². The third kappa shape index (κ3) is 6.59. The fourth-order valence-corrected chi connectivity index (χ4v) is 3.66. The predicted molar refractivity (Wildman–Crippen MR) is 113 cm³/mol. The van der Waals surface area contributed by atoms with Gasteiger partial charge in [0.25, 0.3) is 0 Å². The first kappa shape index (κ1) is 27.1. The van der Waals surface area contributed by atoms with E-state index in [1.54, 1.807) is 0 Å². The third-order valence-corrected chi connectivity index (χ3v) is 5.56. The molecule has 3 N–H and O–H groups in total. The van der Waals surface area contributed by atoms with Gasteiger partial charge in [-0.05, 0) is 48.7 Å². The number of nitrogens with one attached hydrogen (secondary N) is 1.